The van der Waals surface area contributed by atoms with Crippen LogP contribution in [0.2, 0.25) is 0 Å². The van der Waals surface area contributed by atoms with Crippen molar-refractivity contribution in [1.29, 1.82) is 0 Å². The summed E-state index contributed by atoms with van der Waals surface area (Å²) >= 11 is 0. The molecule has 0 aromatic carbocycles. The van der Waals surface area contributed by atoms with Gasteiger partial charge in [0.25, 0.3) is 0 Å². The molecule has 0 radical (unpaired) electrons. The molecule has 0 aliphatic carbocycles. The number of hydrogen-bond donors (Lipinski definition) is 2. The number of rotatable bonds is 2. The Balaban J connectivity index is -0.000000112. The average molecular weight is 176 g/mol. The number of hydrogen-bond acceptors (Lipinski definition) is 2. The maximum absolute atomic E-state index is 9.37. The highest BCUT2D eigenvalue weighted by Crippen LogP contribution is 1.67. The zero-order chi connectivity index (χ0) is 10.6. The molecule has 4 nitrogen and oxygen atoms in total. The molecule has 0 unspecified atom stereocenters. The SMILES string of the molecule is C=C.CCC(=O)O.CCC(=O)O. The van der Waals surface area contributed by atoms with Crippen LogP contribution in [0.3, 0.4) is 0 Å². The van der Waals surface area contributed by atoms with Gasteiger partial charge < -0.3 is 10.2 Å². The van der Waals surface area contributed by atoms with Crippen molar-refractivity contribution in [3.63, 3.8) is 0 Å². The van der Waals surface area contributed by atoms with Crippen molar-refractivity contribution in [1.82, 2.24) is 0 Å². The second-order valence-electron chi connectivity index (χ2n) is 1.49. The van der Waals surface area contributed by atoms with E-state index >= 15 is 0 Å². The molecule has 4 heteroatoms. The van der Waals surface area contributed by atoms with Gasteiger partial charge in [-0.05, 0) is 0 Å². The Morgan fingerprint density at radius 1 is 1.00 bits per heavy atom. The minimum atomic E-state index is -0.745. The maximum Gasteiger partial charge on any atom is 0.303 e. The van der Waals surface area contributed by atoms with Gasteiger partial charge in [0.1, 0.15) is 0 Å². The highest BCUT2D eigenvalue weighted by molar-refractivity contribution is 5.66. The van der Waals surface area contributed by atoms with Crippen molar-refractivity contribution >= 4 is 11.9 Å². The molecule has 0 fully saturated rings. The van der Waals surface area contributed by atoms with E-state index in [9.17, 15) is 9.59 Å². The van der Waals surface area contributed by atoms with Gasteiger partial charge in [-0.1, -0.05) is 13.8 Å². The number of aliphatic carboxylic acids is 2. The van der Waals surface area contributed by atoms with Gasteiger partial charge in [-0.15, -0.1) is 13.2 Å². The average Bonchev–Trinajstić information content (AvgIpc) is 2.09. The van der Waals surface area contributed by atoms with Gasteiger partial charge in [0, 0.05) is 12.8 Å². The molecular weight excluding hydrogens is 160 g/mol. The lowest BCUT2D eigenvalue weighted by Gasteiger charge is -1.71. The van der Waals surface area contributed by atoms with Crippen LogP contribution in [0.4, 0.5) is 0 Å². The summed E-state index contributed by atoms with van der Waals surface area (Å²) in [5.41, 5.74) is 0. The predicted octanol–water partition coefficient (Wildman–Crippen LogP) is 1.76. The first-order valence-electron chi connectivity index (χ1n) is 3.48. The first-order valence-corrected chi connectivity index (χ1v) is 3.48. The third-order valence-electron chi connectivity index (χ3n) is 0.605. The lowest BCUT2D eigenvalue weighted by Crippen LogP contribution is -1.86. The van der Waals surface area contributed by atoms with Gasteiger partial charge in [0.2, 0.25) is 0 Å². The predicted molar refractivity (Wildman–Crippen MR) is 47.1 cm³/mol. The van der Waals surface area contributed by atoms with Crippen LogP contribution in [-0.4, -0.2) is 22.2 Å². The third kappa shape index (κ3) is 71.3. The zero-order valence-electron chi connectivity index (χ0n) is 7.54. The summed E-state index contributed by atoms with van der Waals surface area (Å²) in [5.74, 6) is -1.49. The van der Waals surface area contributed by atoms with E-state index in [4.69, 9.17) is 10.2 Å². The van der Waals surface area contributed by atoms with Crippen LogP contribution in [0.15, 0.2) is 13.2 Å². The van der Waals surface area contributed by atoms with Crippen LogP contribution < -0.4 is 0 Å². The second kappa shape index (κ2) is 16.3. The standard InChI is InChI=1S/2C3H6O2.C2H4/c2*1-2-3(4)5;1-2/h2*2H2,1H3,(H,4,5);1-2H2. The van der Waals surface area contributed by atoms with Crippen LogP contribution in [0.25, 0.3) is 0 Å². The van der Waals surface area contributed by atoms with E-state index in [0.717, 1.165) is 0 Å². The van der Waals surface area contributed by atoms with E-state index in [-0.39, 0.29) is 12.8 Å². The fraction of sp³-hybridized carbons (Fsp3) is 0.500. The molecule has 0 saturated heterocycles. The number of carboxylic acids is 2. The first kappa shape index (κ1) is 17.0. The molecule has 0 spiro atoms. The molecule has 0 aromatic rings. The number of carboxylic acid groups (broad SMARTS) is 2. The van der Waals surface area contributed by atoms with Crippen molar-refractivity contribution < 1.29 is 19.8 Å². The summed E-state index contributed by atoms with van der Waals surface area (Å²) in [6.45, 7) is 9.20. The maximum atomic E-state index is 9.37. The van der Waals surface area contributed by atoms with E-state index < -0.39 is 11.9 Å². The Labute approximate surface area is 72.5 Å². The normalized spacial score (nSPS) is 6.50. The van der Waals surface area contributed by atoms with Crippen molar-refractivity contribution in [2.45, 2.75) is 26.7 Å². The van der Waals surface area contributed by atoms with Gasteiger partial charge in [-0.2, -0.15) is 0 Å². The fourth-order valence-corrected chi connectivity index (χ4v) is 0. The summed E-state index contributed by atoms with van der Waals surface area (Å²) in [7, 11) is 0. The number of carbonyl (C=O) groups is 2. The van der Waals surface area contributed by atoms with Crippen molar-refractivity contribution in [3.8, 4) is 0 Å². The van der Waals surface area contributed by atoms with Crippen molar-refractivity contribution in [2.24, 2.45) is 0 Å². The fourth-order valence-electron chi connectivity index (χ4n) is 0. The molecule has 0 aliphatic rings. The summed E-state index contributed by atoms with van der Waals surface area (Å²) < 4.78 is 0. The highest BCUT2D eigenvalue weighted by atomic mass is 16.4. The molecule has 72 valence electrons. The van der Waals surface area contributed by atoms with Gasteiger partial charge >= 0.3 is 11.9 Å². The van der Waals surface area contributed by atoms with Gasteiger partial charge in [0.15, 0.2) is 0 Å². The van der Waals surface area contributed by atoms with Crippen LogP contribution in [0, 0.1) is 0 Å². The summed E-state index contributed by atoms with van der Waals surface area (Å²) in [5, 5.41) is 15.4. The molecule has 0 amide bonds. The molecule has 0 aliphatic heterocycles. The molecule has 0 aromatic heterocycles. The molecule has 0 rings (SSSR count). The Kier molecular flexibility index (Phi) is 23.1. The largest absolute Gasteiger partial charge is 0.481 e. The molecule has 2 N–H and O–H groups in total. The summed E-state index contributed by atoms with van der Waals surface area (Å²) in [4.78, 5) is 18.7. The van der Waals surface area contributed by atoms with Crippen molar-refractivity contribution in [3.05, 3.63) is 13.2 Å². The Bertz CT molecular complexity index is 106. The lowest BCUT2D eigenvalue weighted by atomic mass is 10.5. The smallest absolute Gasteiger partial charge is 0.303 e. The van der Waals surface area contributed by atoms with Crippen LogP contribution in [0.1, 0.15) is 26.7 Å². The molecular formula is C8H16O4. The van der Waals surface area contributed by atoms with Gasteiger partial charge in [-0.25, -0.2) is 0 Å². The van der Waals surface area contributed by atoms with Crippen LogP contribution in [-0.2, 0) is 9.59 Å². The third-order valence-corrected chi connectivity index (χ3v) is 0.605. The topological polar surface area (TPSA) is 74.6 Å². The molecule has 0 atom stereocenters. The summed E-state index contributed by atoms with van der Waals surface area (Å²) in [6.07, 6.45) is 0.444. The minimum absolute atomic E-state index is 0.222. The van der Waals surface area contributed by atoms with Gasteiger partial charge in [0.05, 0.1) is 0 Å². The molecule has 0 saturated carbocycles. The highest BCUT2D eigenvalue weighted by Gasteiger charge is 1.81. The van der Waals surface area contributed by atoms with E-state index in [1.165, 1.54) is 0 Å². The Morgan fingerprint density at radius 2 is 1.08 bits per heavy atom. The second-order valence-corrected chi connectivity index (χ2v) is 1.49. The monoisotopic (exact) mass is 176 g/mol. The summed E-state index contributed by atoms with van der Waals surface area (Å²) in [6, 6.07) is 0. The Hall–Kier alpha value is -1.32. The molecule has 0 heterocycles. The minimum Gasteiger partial charge on any atom is -0.481 e. The van der Waals surface area contributed by atoms with E-state index in [2.05, 4.69) is 13.2 Å². The lowest BCUT2D eigenvalue weighted by molar-refractivity contribution is -0.137. The van der Waals surface area contributed by atoms with Crippen LogP contribution >= 0.6 is 0 Å². The molecule has 12 heavy (non-hydrogen) atoms. The quantitative estimate of drug-likeness (QED) is 0.629. The van der Waals surface area contributed by atoms with Gasteiger partial charge in [-0.3, -0.25) is 9.59 Å². The molecule has 0 bridgehead atoms. The Morgan fingerprint density at radius 3 is 1.08 bits per heavy atom. The zero-order valence-corrected chi connectivity index (χ0v) is 7.54. The van der Waals surface area contributed by atoms with E-state index in [1.807, 2.05) is 0 Å². The van der Waals surface area contributed by atoms with E-state index in [1.54, 1.807) is 13.8 Å². The van der Waals surface area contributed by atoms with Crippen LogP contribution in [0.5, 0.6) is 0 Å². The first-order chi connectivity index (χ1) is 5.54. The van der Waals surface area contributed by atoms with Crippen molar-refractivity contribution in [2.75, 3.05) is 0 Å². The van der Waals surface area contributed by atoms with E-state index in [0.29, 0.717) is 0 Å².